The largest absolute Gasteiger partial charge is 0.481 e. The summed E-state index contributed by atoms with van der Waals surface area (Å²) in [6.45, 7) is 2.64. The molecule has 0 aromatic heterocycles. The zero-order valence-electron chi connectivity index (χ0n) is 24.9. The number of β-amino-alcohol motifs (C(OH)–C–C–N with tert-alkyl or cyclic N) is 1. The first-order valence-corrected chi connectivity index (χ1v) is 15.4. The minimum Gasteiger partial charge on any atom is -0.481 e. The Bertz CT molecular complexity index is 1380. The lowest BCUT2D eigenvalue weighted by Gasteiger charge is -2.37. The molecular weight excluding hydrogens is 560 g/mol. The number of hydrogen-bond donors (Lipinski definition) is 4. The van der Waals surface area contributed by atoms with Crippen molar-refractivity contribution >= 4 is 11.9 Å². The van der Waals surface area contributed by atoms with Gasteiger partial charge in [0.15, 0.2) is 6.29 Å². The highest BCUT2D eigenvalue weighted by Crippen LogP contribution is 2.39. The lowest BCUT2D eigenvalue weighted by atomic mass is 9.99. The van der Waals surface area contributed by atoms with Gasteiger partial charge in [0.25, 0.3) is 0 Å². The molecule has 234 valence electrons. The smallest absolute Gasteiger partial charge is 0.303 e. The molecule has 0 bridgehead atoms. The SMILES string of the molecule is O=C(O)CCCCC(=O)NCc1cccc(-c2ccc(C3OC(CN4CCC(O)C4)CC(c4ccc(CO)cc4)O3)cc2)c1. The maximum atomic E-state index is 12.2. The van der Waals surface area contributed by atoms with Crippen molar-refractivity contribution in [3.8, 4) is 11.1 Å². The van der Waals surface area contributed by atoms with Crippen LogP contribution in [0.4, 0.5) is 0 Å². The van der Waals surface area contributed by atoms with E-state index >= 15 is 0 Å². The Balaban J connectivity index is 1.23. The molecule has 44 heavy (non-hydrogen) atoms. The van der Waals surface area contributed by atoms with Crippen LogP contribution in [0.25, 0.3) is 11.1 Å². The van der Waals surface area contributed by atoms with Gasteiger partial charge in [-0.25, -0.2) is 0 Å². The van der Waals surface area contributed by atoms with Gasteiger partial charge < -0.3 is 30.1 Å². The van der Waals surface area contributed by atoms with Crippen LogP contribution in [-0.4, -0.2) is 63.9 Å². The molecule has 2 heterocycles. The van der Waals surface area contributed by atoms with Crippen LogP contribution in [-0.2, 0) is 32.2 Å². The van der Waals surface area contributed by atoms with E-state index in [2.05, 4.69) is 16.3 Å². The molecule has 0 aliphatic carbocycles. The summed E-state index contributed by atoms with van der Waals surface area (Å²) in [7, 11) is 0. The number of aliphatic carboxylic acids is 1. The predicted molar refractivity (Wildman–Crippen MR) is 165 cm³/mol. The van der Waals surface area contributed by atoms with Crippen molar-refractivity contribution in [3.05, 3.63) is 95.1 Å². The zero-order valence-corrected chi connectivity index (χ0v) is 24.9. The van der Waals surface area contributed by atoms with Crippen molar-refractivity contribution in [1.29, 1.82) is 0 Å². The maximum absolute atomic E-state index is 12.2. The van der Waals surface area contributed by atoms with Crippen molar-refractivity contribution < 1.29 is 34.4 Å². The van der Waals surface area contributed by atoms with Gasteiger partial charge in [0.2, 0.25) is 5.91 Å². The fourth-order valence-electron chi connectivity index (χ4n) is 5.84. The number of nitrogens with one attached hydrogen (secondary N) is 1. The van der Waals surface area contributed by atoms with Crippen LogP contribution < -0.4 is 5.32 Å². The third-order valence-corrected chi connectivity index (χ3v) is 8.30. The van der Waals surface area contributed by atoms with E-state index in [1.54, 1.807) is 0 Å². The van der Waals surface area contributed by atoms with E-state index in [4.69, 9.17) is 14.6 Å². The fraction of sp³-hybridized carbons (Fsp3) is 0.429. The van der Waals surface area contributed by atoms with Gasteiger partial charge in [0.1, 0.15) is 0 Å². The number of nitrogens with zero attached hydrogens (tertiary/aromatic N) is 1. The number of carboxylic acid groups (broad SMARTS) is 1. The zero-order chi connectivity index (χ0) is 30.9. The fourth-order valence-corrected chi connectivity index (χ4v) is 5.84. The quantitative estimate of drug-likeness (QED) is 0.207. The van der Waals surface area contributed by atoms with Crippen LogP contribution in [0.5, 0.6) is 0 Å². The molecule has 0 saturated carbocycles. The van der Waals surface area contributed by atoms with E-state index in [-0.39, 0.29) is 37.2 Å². The molecule has 4 atom stereocenters. The van der Waals surface area contributed by atoms with Gasteiger partial charge in [-0.2, -0.15) is 0 Å². The van der Waals surface area contributed by atoms with Crippen molar-refractivity contribution in [2.75, 3.05) is 19.6 Å². The average molecular weight is 603 g/mol. The third kappa shape index (κ3) is 8.97. The van der Waals surface area contributed by atoms with Gasteiger partial charge in [-0.05, 0) is 53.1 Å². The Morgan fingerprint density at radius 2 is 1.64 bits per heavy atom. The summed E-state index contributed by atoms with van der Waals surface area (Å²) in [5.74, 6) is -0.925. The van der Waals surface area contributed by atoms with E-state index in [0.717, 1.165) is 52.9 Å². The number of likely N-dealkylation sites (tertiary alicyclic amines) is 1. The summed E-state index contributed by atoms with van der Waals surface area (Å²) in [4.78, 5) is 25.1. The Morgan fingerprint density at radius 3 is 2.34 bits per heavy atom. The predicted octanol–water partition coefficient (Wildman–Crippen LogP) is 4.72. The van der Waals surface area contributed by atoms with Crippen LogP contribution in [0.3, 0.4) is 0 Å². The van der Waals surface area contributed by atoms with E-state index < -0.39 is 12.3 Å². The molecule has 3 aromatic rings. The molecule has 4 N–H and O–H groups in total. The van der Waals surface area contributed by atoms with Crippen LogP contribution in [0.15, 0.2) is 72.8 Å². The molecule has 3 aromatic carbocycles. The molecule has 0 radical (unpaired) electrons. The number of aliphatic hydroxyl groups is 2. The van der Waals surface area contributed by atoms with Crippen LogP contribution in [0, 0.1) is 0 Å². The number of carboxylic acids is 1. The summed E-state index contributed by atoms with van der Waals surface area (Å²) in [5, 5.41) is 31.1. The second-order valence-corrected chi connectivity index (χ2v) is 11.8. The molecular formula is C35H42N2O7. The monoisotopic (exact) mass is 602 g/mol. The second-order valence-electron chi connectivity index (χ2n) is 11.8. The Labute approximate surface area is 258 Å². The molecule has 9 heteroatoms. The molecule has 4 unspecified atom stereocenters. The van der Waals surface area contributed by atoms with Crippen molar-refractivity contribution in [2.45, 2.75) is 76.3 Å². The number of carbonyl (C=O) groups is 2. The number of unbranched alkanes of at least 4 members (excludes halogenated alkanes) is 1. The summed E-state index contributed by atoms with van der Waals surface area (Å²) in [6.07, 6.45) is 1.86. The molecule has 9 nitrogen and oxygen atoms in total. The number of rotatable bonds is 13. The molecule has 2 aliphatic heterocycles. The highest BCUT2D eigenvalue weighted by molar-refractivity contribution is 5.76. The minimum absolute atomic E-state index is 0.00245. The molecule has 5 rings (SSSR count). The van der Waals surface area contributed by atoms with Gasteiger partial charge in [-0.1, -0.05) is 66.7 Å². The van der Waals surface area contributed by atoms with Crippen molar-refractivity contribution in [1.82, 2.24) is 10.2 Å². The first-order chi connectivity index (χ1) is 21.4. The standard InChI is InChI=1S/C35H42N2O7/c38-23-24-8-10-27(11-9-24)32-19-31(22-37-17-16-30(39)21-37)43-35(44-32)28-14-12-26(13-15-28)29-5-3-4-25(18-29)20-36-33(40)6-1-2-7-34(41)42/h3-5,8-15,18,30-32,35,38-39H,1-2,6-7,16-17,19-23H2,(H,36,40)(H,41,42). The molecule has 2 fully saturated rings. The van der Waals surface area contributed by atoms with Crippen LogP contribution >= 0.6 is 0 Å². The van der Waals surface area contributed by atoms with Crippen LogP contribution in [0.2, 0.25) is 0 Å². The second kappa shape index (κ2) is 15.4. The molecule has 1 amide bonds. The summed E-state index contributed by atoms with van der Waals surface area (Å²) in [5.41, 5.74) is 5.86. The Hall–Kier alpha value is -3.60. The summed E-state index contributed by atoms with van der Waals surface area (Å²) >= 11 is 0. The van der Waals surface area contributed by atoms with E-state index in [0.29, 0.717) is 38.8 Å². The van der Waals surface area contributed by atoms with Gasteiger partial charge in [-0.15, -0.1) is 0 Å². The number of ether oxygens (including phenoxy) is 2. The average Bonchev–Trinajstić information content (AvgIpc) is 3.46. The lowest BCUT2D eigenvalue weighted by Crippen LogP contribution is -2.38. The maximum Gasteiger partial charge on any atom is 0.303 e. The normalized spacial score (nSPS) is 22.1. The first kappa shape index (κ1) is 31.8. The Morgan fingerprint density at radius 1 is 0.886 bits per heavy atom. The van der Waals surface area contributed by atoms with Gasteiger partial charge in [0, 0.05) is 51.0 Å². The van der Waals surface area contributed by atoms with E-state index in [9.17, 15) is 19.8 Å². The first-order valence-electron chi connectivity index (χ1n) is 15.4. The van der Waals surface area contributed by atoms with Gasteiger partial charge in [0.05, 0.1) is 24.9 Å². The topological polar surface area (TPSA) is 129 Å². The van der Waals surface area contributed by atoms with Crippen molar-refractivity contribution in [3.63, 3.8) is 0 Å². The number of carbonyl (C=O) groups excluding carboxylic acids is 1. The van der Waals surface area contributed by atoms with E-state index in [1.807, 2.05) is 66.7 Å². The summed E-state index contributed by atoms with van der Waals surface area (Å²) in [6, 6.07) is 24.0. The Kier molecular flexibility index (Phi) is 11.1. The highest BCUT2D eigenvalue weighted by atomic mass is 16.7. The summed E-state index contributed by atoms with van der Waals surface area (Å²) < 4.78 is 13.0. The number of amides is 1. The minimum atomic E-state index is -0.841. The van der Waals surface area contributed by atoms with E-state index in [1.165, 1.54) is 0 Å². The molecule has 2 aliphatic rings. The number of aliphatic hydroxyl groups excluding tert-OH is 2. The number of benzene rings is 3. The van der Waals surface area contributed by atoms with Gasteiger partial charge >= 0.3 is 5.97 Å². The molecule has 2 saturated heterocycles. The van der Waals surface area contributed by atoms with Crippen molar-refractivity contribution in [2.24, 2.45) is 0 Å². The number of hydrogen-bond acceptors (Lipinski definition) is 7. The highest BCUT2D eigenvalue weighted by Gasteiger charge is 2.34. The third-order valence-electron chi connectivity index (χ3n) is 8.30. The van der Waals surface area contributed by atoms with Crippen LogP contribution in [0.1, 0.15) is 73.2 Å². The lowest BCUT2D eigenvalue weighted by molar-refractivity contribution is -0.252. The molecule has 0 spiro atoms. The van der Waals surface area contributed by atoms with Gasteiger partial charge in [-0.3, -0.25) is 14.5 Å².